The average Bonchev–Trinajstić information content (AvgIpc) is 2.68. The Morgan fingerprint density at radius 1 is 1.33 bits per heavy atom. The summed E-state index contributed by atoms with van der Waals surface area (Å²) in [5.41, 5.74) is 0.224. The molecule has 96 valence electrons. The average molecular weight is 251 g/mol. The van der Waals surface area contributed by atoms with Gasteiger partial charge in [-0.3, -0.25) is 0 Å². The second-order valence-corrected chi connectivity index (χ2v) is 4.80. The summed E-state index contributed by atoms with van der Waals surface area (Å²) >= 11 is 0. The minimum absolute atomic E-state index is 0.0244. The number of carboxylic acids is 1. The van der Waals surface area contributed by atoms with Crippen LogP contribution < -0.4 is 4.90 Å². The van der Waals surface area contributed by atoms with Crippen LogP contribution >= 0.6 is 0 Å². The van der Waals surface area contributed by atoms with Crippen LogP contribution in [0.1, 0.15) is 23.2 Å². The lowest BCUT2D eigenvalue weighted by molar-refractivity contribution is 0.0301. The van der Waals surface area contributed by atoms with Gasteiger partial charge in [-0.1, -0.05) is 6.07 Å². The number of carbonyl (C=O) groups is 1. The standard InChI is InChI=1S/C13H14FNO3/c14-11-3-1-2-10(13(16)17)12(11)15-6-8-4-5-9(7-15)18-8/h1-3,8-9H,4-7H2,(H,16,17). The third-order valence-electron chi connectivity index (χ3n) is 3.58. The highest BCUT2D eigenvalue weighted by atomic mass is 19.1. The molecular formula is C13H14FNO3. The number of carboxylic acid groups (broad SMARTS) is 1. The first-order chi connectivity index (χ1) is 8.65. The van der Waals surface area contributed by atoms with Gasteiger partial charge in [0.1, 0.15) is 5.82 Å². The summed E-state index contributed by atoms with van der Waals surface area (Å²) in [6.45, 7) is 1.13. The van der Waals surface area contributed by atoms with Crippen LogP contribution in [0, 0.1) is 5.82 Å². The predicted octanol–water partition coefficient (Wildman–Crippen LogP) is 1.89. The number of halogens is 1. The highest BCUT2D eigenvalue weighted by Crippen LogP contribution is 2.32. The Morgan fingerprint density at radius 3 is 2.61 bits per heavy atom. The molecule has 0 aliphatic carbocycles. The van der Waals surface area contributed by atoms with Crippen LogP contribution in [0.25, 0.3) is 0 Å². The molecule has 0 radical (unpaired) electrons. The maximum Gasteiger partial charge on any atom is 0.337 e. The van der Waals surface area contributed by atoms with Crippen molar-refractivity contribution in [1.29, 1.82) is 0 Å². The smallest absolute Gasteiger partial charge is 0.337 e. The second-order valence-electron chi connectivity index (χ2n) is 4.80. The molecule has 0 aromatic heterocycles. The van der Waals surface area contributed by atoms with Gasteiger partial charge in [0.25, 0.3) is 0 Å². The molecule has 3 rings (SSSR count). The summed E-state index contributed by atoms with van der Waals surface area (Å²) in [7, 11) is 0. The second kappa shape index (κ2) is 4.24. The Hall–Kier alpha value is -1.62. The summed E-state index contributed by atoms with van der Waals surface area (Å²) in [6.07, 6.45) is 2.14. The van der Waals surface area contributed by atoms with E-state index < -0.39 is 11.8 Å². The van der Waals surface area contributed by atoms with Crippen LogP contribution in [0.2, 0.25) is 0 Å². The van der Waals surface area contributed by atoms with Crippen LogP contribution in [0.3, 0.4) is 0 Å². The largest absolute Gasteiger partial charge is 0.478 e. The number of nitrogens with zero attached hydrogens (tertiary/aromatic N) is 1. The van der Waals surface area contributed by atoms with Gasteiger partial charge in [0.2, 0.25) is 0 Å². The maximum atomic E-state index is 13.9. The van der Waals surface area contributed by atoms with Crippen molar-refractivity contribution in [2.75, 3.05) is 18.0 Å². The van der Waals surface area contributed by atoms with Gasteiger partial charge >= 0.3 is 5.97 Å². The molecule has 1 aromatic rings. The molecule has 2 heterocycles. The van der Waals surface area contributed by atoms with E-state index in [2.05, 4.69) is 0 Å². The zero-order chi connectivity index (χ0) is 12.7. The molecule has 2 bridgehead atoms. The lowest BCUT2D eigenvalue weighted by atomic mass is 10.1. The van der Waals surface area contributed by atoms with Crippen molar-refractivity contribution in [1.82, 2.24) is 0 Å². The lowest BCUT2D eigenvalue weighted by Gasteiger charge is -2.34. The maximum absolute atomic E-state index is 13.9. The molecule has 2 aliphatic heterocycles. The molecular weight excluding hydrogens is 237 g/mol. The number of hydrogen-bond acceptors (Lipinski definition) is 3. The van der Waals surface area contributed by atoms with E-state index in [0.29, 0.717) is 13.1 Å². The van der Waals surface area contributed by atoms with Gasteiger partial charge < -0.3 is 14.7 Å². The number of rotatable bonds is 2. The third-order valence-corrected chi connectivity index (χ3v) is 3.58. The van der Waals surface area contributed by atoms with E-state index in [1.807, 2.05) is 4.90 Å². The molecule has 0 amide bonds. The highest BCUT2D eigenvalue weighted by molar-refractivity contribution is 5.94. The van der Waals surface area contributed by atoms with Gasteiger partial charge in [0, 0.05) is 13.1 Å². The van der Waals surface area contributed by atoms with Gasteiger partial charge in [0.05, 0.1) is 23.5 Å². The van der Waals surface area contributed by atoms with Crippen molar-refractivity contribution in [2.24, 2.45) is 0 Å². The van der Waals surface area contributed by atoms with Crippen molar-refractivity contribution >= 4 is 11.7 Å². The SMILES string of the molecule is O=C(O)c1cccc(F)c1N1CC2CCC(C1)O2. The van der Waals surface area contributed by atoms with E-state index in [1.54, 1.807) is 0 Å². The molecule has 0 spiro atoms. The Bertz CT molecular complexity index is 479. The first-order valence-electron chi connectivity index (χ1n) is 6.07. The fourth-order valence-corrected chi connectivity index (χ4v) is 2.81. The molecule has 1 N–H and O–H groups in total. The fraction of sp³-hybridized carbons (Fsp3) is 0.462. The summed E-state index contributed by atoms with van der Waals surface area (Å²) in [5, 5.41) is 9.14. The van der Waals surface area contributed by atoms with Crippen molar-refractivity contribution in [2.45, 2.75) is 25.0 Å². The van der Waals surface area contributed by atoms with Gasteiger partial charge in [-0.05, 0) is 25.0 Å². The number of aromatic carboxylic acids is 1. The Balaban J connectivity index is 1.98. The van der Waals surface area contributed by atoms with Crippen molar-refractivity contribution in [3.05, 3.63) is 29.6 Å². The molecule has 2 saturated heterocycles. The molecule has 0 saturated carbocycles. The Morgan fingerprint density at radius 2 is 2.00 bits per heavy atom. The van der Waals surface area contributed by atoms with Gasteiger partial charge in [-0.25, -0.2) is 9.18 Å². The van der Waals surface area contributed by atoms with E-state index in [4.69, 9.17) is 9.84 Å². The number of ether oxygens (including phenoxy) is 1. The summed E-state index contributed by atoms with van der Waals surface area (Å²) < 4.78 is 19.6. The molecule has 2 unspecified atom stereocenters. The van der Waals surface area contributed by atoms with Crippen molar-refractivity contribution in [3.63, 3.8) is 0 Å². The molecule has 2 fully saturated rings. The molecule has 2 atom stereocenters. The highest BCUT2D eigenvalue weighted by Gasteiger charge is 2.35. The minimum atomic E-state index is -1.09. The Labute approximate surface area is 104 Å². The lowest BCUT2D eigenvalue weighted by Crippen LogP contribution is -2.43. The van der Waals surface area contributed by atoms with Gasteiger partial charge in [-0.15, -0.1) is 0 Å². The number of morpholine rings is 1. The molecule has 5 heteroatoms. The fourth-order valence-electron chi connectivity index (χ4n) is 2.81. The monoisotopic (exact) mass is 251 g/mol. The van der Waals surface area contributed by atoms with Crippen LogP contribution in [-0.4, -0.2) is 36.4 Å². The molecule has 18 heavy (non-hydrogen) atoms. The quantitative estimate of drug-likeness (QED) is 0.872. The molecule has 4 nitrogen and oxygen atoms in total. The minimum Gasteiger partial charge on any atom is -0.478 e. The molecule has 1 aromatic carbocycles. The van der Waals surface area contributed by atoms with Crippen molar-refractivity contribution in [3.8, 4) is 0 Å². The number of fused-ring (bicyclic) bond motifs is 2. The zero-order valence-electron chi connectivity index (χ0n) is 9.80. The van der Waals surface area contributed by atoms with E-state index in [0.717, 1.165) is 12.8 Å². The third kappa shape index (κ3) is 1.84. The van der Waals surface area contributed by atoms with Gasteiger partial charge in [-0.2, -0.15) is 0 Å². The van der Waals surface area contributed by atoms with E-state index in [9.17, 15) is 9.18 Å². The summed E-state index contributed by atoms with van der Waals surface area (Å²) in [4.78, 5) is 13.0. The van der Waals surface area contributed by atoms with Crippen molar-refractivity contribution < 1.29 is 19.0 Å². The number of benzene rings is 1. The van der Waals surface area contributed by atoms with E-state index in [-0.39, 0.29) is 23.5 Å². The first-order valence-corrected chi connectivity index (χ1v) is 6.07. The number of hydrogen-bond donors (Lipinski definition) is 1. The molecule has 2 aliphatic rings. The number of para-hydroxylation sites is 1. The first kappa shape index (κ1) is 11.5. The number of anilines is 1. The summed E-state index contributed by atoms with van der Waals surface area (Å²) in [5.74, 6) is -1.57. The van der Waals surface area contributed by atoms with Crippen LogP contribution in [0.5, 0.6) is 0 Å². The van der Waals surface area contributed by atoms with E-state index in [1.165, 1.54) is 18.2 Å². The normalized spacial score (nSPS) is 26.4. The zero-order valence-corrected chi connectivity index (χ0v) is 9.80. The summed E-state index contributed by atoms with van der Waals surface area (Å²) in [6, 6.07) is 4.18. The Kier molecular flexibility index (Phi) is 2.70. The van der Waals surface area contributed by atoms with Crippen LogP contribution in [0.4, 0.5) is 10.1 Å². The van der Waals surface area contributed by atoms with E-state index >= 15 is 0 Å². The van der Waals surface area contributed by atoms with Crippen LogP contribution in [0.15, 0.2) is 18.2 Å². The van der Waals surface area contributed by atoms with Gasteiger partial charge in [0.15, 0.2) is 0 Å². The topological polar surface area (TPSA) is 49.8 Å². The predicted molar refractivity (Wildman–Crippen MR) is 63.5 cm³/mol. The van der Waals surface area contributed by atoms with Crippen LogP contribution in [-0.2, 0) is 4.74 Å².